The van der Waals surface area contributed by atoms with Gasteiger partial charge in [-0.3, -0.25) is 4.79 Å². The normalized spacial score (nSPS) is 16.6. The average Bonchev–Trinajstić information content (AvgIpc) is 3.22. The van der Waals surface area contributed by atoms with Gasteiger partial charge in [-0.25, -0.2) is 14.8 Å². The van der Waals surface area contributed by atoms with Gasteiger partial charge in [-0.15, -0.1) is 0 Å². The van der Waals surface area contributed by atoms with Crippen molar-refractivity contribution >= 4 is 5.97 Å². The minimum Gasteiger partial charge on any atom is -0.492 e. The number of carboxylic acid groups (broad SMARTS) is 1. The predicted molar refractivity (Wildman–Crippen MR) is 111 cm³/mol. The number of hydrogen-bond donors (Lipinski definition) is 1. The topological polar surface area (TPSA) is 94.3 Å². The van der Waals surface area contributed by atoms with E-state index < -0.39 is 11.4 Å². The van der Waals surface area contributed by atoms with Crippen LogP contribution in [0.3, 0.4) is 0 Å². The molecule has 152 valence electrons. The third-order valence-corrected chi connectivity index (χ3v) is 6.05. The largest absolute Gasteiger partial charge is 0.492 e. The molecule has 0 amide bonds. The molecule has 1 atom stereocenters. The van der Waals surface area contributed by atoms with E-state index in [2.05, 4.69) is 29.9 Å². The van der Waals surface area contributed by atoms with E-state index in [1.807, 2.05) is 4.57 Å². The Bertz CT molecular complexity index is 1230. The summed E-state index contributed by atoms with van der Waals surface area (Å²) >= 11 is 0. The number of pyridine rings is 1. The Morgan fingerprint density at radius 1 is 1.27 bits per heavy atom. The lowest BCUT2D eigenvalue weighted by molar-refractivity contribution is 0.0694. The minimum absolute atomic E-state index is 0.0476. The summed E-state index contributed by atoms with van der Waals surface area (Å²) in [5.41, 5.74) is 5.14. The molecule has 0 fully saturated rings. The summed E-state index contributed by atoms with van der Waals surface area (Å²) in [6.45, 7) is 4.79. The van der Waals surface area contributed by atoms with Gasteiger partial charge in [-0.1, -0.05) is 13.8 Å². The summed E-state index contributed by atoms with van der Waals surface area (Å²) in [6.07, 6.45) is 8.04. The number of ether oxygens (including phenoxy) is 1. The molecule has 2 aliphatic rings. The molecule has 0 saturated carbocycles. The molecule has 7 heteroatoms. The van der Waals surface area contributed by atoms with Crippen molar-refractivity contribution in [2.75, 3.05) is 6.61 Å². The van der Waals surface area contributed by atoms with Gasteiger partial charge in [0.1, 0.15) is 17.6 Å². The summed E-state index contributed by atoms with van der Waals surface area (Å²) < 4.78 is 7.97. The Balaban J connectivity index is 1.81. The maximum absolute atomic E-state index is 12.6. The smallest absolute Gasteiger partial charge is 0.341 e. The number of aromatic nitrogens is 3. The molecule has 1 N–H and O–H groups in total. The second-order valence-corrected chi connectivity index (χ2v) is 8.16. The van der Waals surface area contributed by atoms with E-state index in [0.717, 1.165) is 52.1 Å². The number of benzene rings is 1. The number of nitrogens with zero attached hydrogens (tertiary/aromatic N) is 3. The van der Waals surface area contributed by atoms with Crippen LogP contribution in [-0.2, 0) is 12.8 Å². The molecular formula is C23H21N3O4. The van der Waals surface area contributed by atoms with Gasteiger partial charge in [0.25, 0.3) is 0 Å². The summed E-state index contributed by atoms with van der Waals surface area (Å²) in [6, 6.07) is 3.64. The lowest BCUT2D eigenvalue weighted by Gasteiger charge is -2.34. The van der Waals surface area contributed by atoms with Gasteiger partial charge in [0.15, 0.2) is 5.43 Å². The van der Waals surface area contributed by atoms with E-state index in [4.69, 9.17) is 4.74 Å². The van der Waals surface area contributed by atoms with Crippen LogP contribution in [0.1, 0.15) is 41.4 Å². The maximum atomic E-state index is 12.6. The Labute approximate surface area is 173 Å². The molecule has 7 nitrogen and oxygen atoms in total. The standard InChI is InChI=1S/C23H21N3O4/c1-12(2)18-6-13-5-16(14-8-24-11-25-9-14)22-15(3-4-30-22)21(13)19-7-20(27)17(23(28)29)10-26(18)19/h5,7-12,18H,3-4,6H2,1-2H3,(H,28,29). The third-order valence-electron chi connectivity index (χ3n) is 6.05. The minimum atomic E-state index is -1.20. The fraction of sp³-hybridized carbons (Fsp3) is 0.304. The second-order valence-electron chi connectivity index (χ2n) is 8.16. The van der Waals surface area contributed by atoms with Gasteiger partial charge < -0.3 is 14.4 Å². The van der Waals surface area contributed by atoms with Crippen LogP contribution in [0.2, 0.25) is 0 Å². The van der Waals surface area contributed by atoms with Gasteiger partial charge in [0.2, 0.25) is 0 Å². The summed E-state index contributed by atoms with van der Waals surface area (Å²) in [5.74, 6) is -0.140. The van der Waals surface area contributed by atoms with Crippen molar-refractivity contribution in [3.8, 4) is 28.1 Å². The Kier molecular flexibility index (Phi) is 4.20. The highest BCUT2D eigenvalue weighted by Crippen LogP contribution is 2.48. The van der Waals surface area contributed by atoms with Crippen LogP contribution < -0.4 is 10.2 Å². The zero-order chi connectivity index (χ0) is 21.0. The van der Waals surface area contributed by atoms with Crippen LogP contribution in [0.4, 0.5) is 0 Å². The molecule has 0 bridgehead atoms. The second kappa shape index (κ2) is 6.79. The van der Waals surface area contributed by atoms with Crippen molar-refractivity contribution in [3.63, 3.8) is 0 Å². The van der Waals surface area contributed by atoms with E-state index in [1.54, 1.807) is 12.4 Å². The molecule has 4 heterocycles. The van der Waals surface area contributed by atoms with E-state index >= 15 is 0 Å². The zero-order valence-electron chi connectivity index (χ0n) is 16.8. The van der Waals surface area contributed by atoms with Crippen LogP contribution in [0.5, 0.6) is 5.75 Å². The maximum Gasteiger partial charge on any atom is 0.341 e. The molecule has 5 rings (SSSR count). The van der Waals surface area contributed by atoms with Crippen molar-refractivity contribution in [2.45, 2.75) is 32.7 Å². The number of carbonyl (C=O) groups is 1. The first-order valence-electron chi connectivity index (χ1n) is 10.0. The molecule has 2 aromatic heterocycles. The molecule has 3 aromatic rings. The molecule has 0 saturated heterocycles. The van der Waals surface area contributed by atoms with E-state index in [1.165, 1.54) is 18.6 Å². The summed E-state index contributed by atoms with van der Waals surface area (Å²) in [7, 11) is 0. The lowest BCUT2D eigenvalue weighted by Crippen LogP contribution is -2.28. The van der Waals surface area contributed by atoms with Crippen molar-refractivity contribution in [1.29, 1.82) is 0 Å². The first-order valence-corrected chi connectivity index (χ1v) is 10.0. The first kappa shape index (κ1) is 18.5. The SMILES string of the molecule is CC(C)C1Cc2cc(-c3cncnc3)c3c(c2-c2cc(=O)c(C(=O)O)cn21)CCO3. The molecule has 30 heavy (non-hydrogen) atoms. The predicted octanol–water partition coefficient (Wildman–Crippen LogP) is 3.36. The van der Waals surface area contributed by atoms with Crippen molar-refractivity contribution in [2.24, 2.45) is 5.92 Å². The zero-order valence-corrected chi connectivity index (χ0v) is 16.8. The van der Waals surface area contributed by atoms with Gasteiger partial charge in [0, 0.05) is 59.4 Å². The Morgan fingerprint density at radius 2 is 2.03 bits per heavy atom. The molecule has 0 aliphatic carbocycles. The van der Waals surface area contributed by atoms with Gasteiger partial charge in [-0.2, -0.15) is 0 Å². The number of carboxylic acids is 1. The van der Waals surface area contributed by atoms with Crippen LogP contribution >= 0.6 is 0 Å². The first-order chi connectivity index (χ1) is 14.5. The number of hydrogen-bond acceptors (Lipinski definition) is 5. The highest BCUT2D eigenvalue weighted by Gasteiger charge is 2.33. The van der Waals surface area contributed by atoms with Crippen molar-refractivity contribution < 1.29 is 14.6 Å². The van der Waals surface area contributed by atoms with Gasteiger partial charge >= 0.3 is 5.97 Å². The molecule has 0 spiro atoms. The van der Waals surface area contributed by atoms with E-state index in [0.29, 0.717) is 6.61 Å². The number of rotatable bonds is 3. The Morgan fingerprint density at radius 3 is 2.73 bits per heavy atom. The summed E-state index contributed by atoms with van der Waals surface area (Å²) in [5, 5.41) is 9.46. The molecule has 1 unspecified atom stereocenters. The number of fused-ring (bicyclic) bond motifs is 5. The highest BCUT2D eigenvalue weighted by atomic mass is 16.5. The van der Waals surface area contributed by atoms with Crippen molar-refractivity contribution in [1.82, 2.24) is 14.5 Å². The molecule has 1 aromatic carbocycles. The van der Waals surface area contributed by atoms with Crippen LogP contribution in [0.15, 0.2) is 41.8 Å². The summed E-state index contributed by atoms with van der Waals surface area (Å²) in [4.78, 5) is 32.4. The average molecular weight is 403 g/mol. The highest BCUT2D eigenvalue weighted by molar-refractivity contribution is 5.88. The van der Waals surface area contributed by atoms with Crippen LogP contribution in [0.25, 0.3) is 22.4 Å². The fourth-order valence-electron chi connectivity index (χ4n) is 4.64. The van der Waals surface area contributed by atoms with Gasteiger partial charge in [0.05, 0.1) is 12.3 Å². The fourth-order valence-corrected chi connectivity index (χ4v) is 4.64. The van der Waals surface area contributed by atoms with E-state index in [9.17, 15) is 14.7 Å². The molecular weight excluding hydrogens is 382 g/mol. The third kappa shape index (κ3) is 2.73. The van der Waals surface area contributed by atoms with E-state index in [-0.39, 0.29) is 17.5 Å². The number of aromatic carboxylic acids is 1. The monoisotopic (exact) mass is 403 g/mol. The van der Waals surface area contributed by atoms with Crippen LogP contribution in [0, 0.1) is 5.92 Å². The lowest BCUT2D eigenvalue weighted by atomic mass is 9.82. The molecule has 0 radical (unpaired) electrons. The van der Waals surface area contributed by atoms with Crippen LogP contribution in [-0.4, -0.2) is 32.2 Å². The van der Waals surface area contributed by atoms with Crippen molar-refractivity contribution in [3.05, 3.63) is 64.0 Å². The molecule has 2 aliphatic heterocycles. The van der Waals surface area contributed by atoms with Gasteiger partial charge in [-0.05, 0) is 24.0 Å². The Hall–Kier alpha value is -3.48. The quantitative estimate of drug-likeness (QED) is 0.721.